The van der Waals surface area contributed by atoms with Crippen LogP contribution in [0.2, 0.25) is 5.02 Å². The number of nitrogen functional groups attached to an aromatic ring is 2. The van der Waals surface area contributed by atoms with Crippen LogP contribution in [0.5, 0.6) is 11.5 Å². The quantitative estimate of drug-likeness (QED) is 0.512. The molecule has 6 N–H and O–H groups in total. The van der Waals surface area contributed by atoms with Crippen molar-refractivity contribution in [2.24, 2.45) is 0 Å². The summed E-state index contributed by atoms with van der Waals surface area (Å²) in [5.74, 6) is 0.616. The Morgan fingerprint density at radius 3 is 2.47 bits per heavy atom. The van der Waals surface area contributed by atoms with Crippen LogP contribution < -0.4 is 21.5 Å². The summed E-state index contributed by atoms with van der Waals surface area (Å²) < 4.78 is 5.13. The number of methoxy groups -OCH3 is 1. The molecule has 0 aromatic heterocycles. The molecule has 19 heavy (non-hydrogen) atoms. The minimum Gasteiger partial charge on any atom is -0.508 e. The smallest absolute Gasteiger partial charge is 0.143 e. The molecule has 0 spiro atoms. The Morgan fingerprint density at radius 2 is 1.84 bits per heavy atom. The minimum absolute atomic E-state index is 0.0957. The molecular formula is C13H14ClN3O2. The molecule has 2 rings (SSSR count). The number of benzene rings is 2. The Balaban J connectivity index is 2.37. The lowest BCUT2D eigenvalue weighted by Crippen LogP contribution is -2.00. The van der Waals surface area contributed by atoms with Gasteiger partial charge in [0.2, 0.25) is 0 Å². The third kappa shape index (κ3) is 2.77. The van der Waals surface area contributed by atoms with Gasteiger partial charge in [-0.1, -0.05) is 11.6 Å². The highest BCUT2D eigenvalue weighted by molar-refractivity contribution is 6.33. The molecule has 0 aliphatic heterocycles. The number of phenolic OH excluding ortho intramolecular Hbond substituents is 1. The highest BCUT2D eigenvalue weighted by atomic mass is 35.5. The molecule has 5 nitrogen and oxygen atoms in total. The molecule has 0 bridgehead atoms. The van der Waals surface area contributed by atoms with Gasteiger partial charge in [-0.15, -0.1) is 0 Å². The number of hydrogen-bond acceptors (Lipinski definition) is 5. The average Bonchev–Trinajstić information content (AvgIpc) is 2.35. The van der Waals surface area contributed by atoms with E-state index in [2.05, 4.69) is 5.32 Å². The number of aromatic hydroxyl groups is 1. The van der Waals surface area contributed by atoms with E-state index < -0.39 is 0 Å². The van der Waals surface area contributed by atoms with Gasteiger partial charge >= 0.3 is 0 Å². The van der Waals surface area contributed by atoms with Gasteiger partial charge in [0.05, 0.1) is 34.9 Å². The maximum atomic E-state index is 9.30. The van der Waals surface area contributed by atoms with Gasteiger partial charge < -0.3 is 26.6 Å². The van der Waals surface area contributed by atoms with Crippen LogP contribution in [0.4, 0.5) is 22.7 Å². The Morgan fingerprint density at radius 1 is 1.11 bits per heavy atom. The fraction of sp³-hybridized carbons (Fsp3) is 0.0769. The van der Waals surface area contributed by atoms with Crippen LogP contribution in [0.25, 0.3) is 0 Å². The molecule has 0 radical (unpaired) electrons. The van der Waals surface area contributed by atoms with Crippen molar-refractivity contribution in [2.45, 2.75) is 0 Å². The average molecular weight is 280 g/mol. The lowest BCUT2D eigenvalue weighted by atomic mass is 10.2. The van der Waals surface area contributed by atoms with Gasteiger partial charge in [0, 0.05) is 12.1 Å². The third-order valence-corrected chi connectivity index (χ3v) is 2.94. The Labute approximate surface area is 115 Å². The first kappa shape index (κ1) is 13.2. The maximum absolute atomic E-state index is 9.30. The summed E-state index contributed by atoms with van der Waals surface area (Å²) in [6.45, 7) is 0. The molecule has 0 unspecified atom stereocenters. The van der Waals surface area contributed by atoms with Crippen molar-refractivity contribution in [3.8, 4) is 11.5 Å². The molecule has 0 aliphatic rings. The van der Waals surface area contributed by atoms with E-state index in [0.717, 1.165) is 0 Å². The summed E-state index contributed by atoms with van der Waals surface area (Å²) in [5.41, 5.74) is 13.8. The van der Waals surface area contributed by atoms with E-state index in [1.54, 1.807) is 18.2 Å². The molecule has 6 heteroatoms. The number of nitrogens with one attached hydrogen (secondary N) is 1. The maximum Gasteiger partial charge on any atom is 0.143 e. The molecule has 0 heterocycles. The predicted octanol–water partition coefficient (Wildman–Crippen LogP) is 2.96. The lowest BCUT2D eigenvalue weighted by Gasteiger charge is -2.14. The van der Waals surface area contributed by atoms with Crippen molar-refractivity contribution in [3.05, 3.63) is 35.4 Å². The van der Waals surface area contributed by atoms with Crippen molar-refractivity contribution >= 4 is 34.4 Å². The second kappa shape index (κ2) is 5.16. The molecule has 0 saturated heterocycles. The fourth-order valence-corrected chi connectivity index (χ4v) is 1.87. The van der Waals surface area contributed by atoms with Crippen LogP contribution in [0.1, 0.15) is 0 Å². The highest BCUT2D eigenvalue weighted by Crippen LogP contribution is 2.35. The minimum atomic E-state index is 0.0957. The van der Waals surface area contributed by atoms with E-state index in [4.69, 9.17) is 27.8 Å². The first-order valence-electron chi connectivity index (χ1n) is 5.50. The van der Waals surface area contributed by atoms with Crippen LogP contribution in [0.3, 0.4) is 0 Å². The normalized spacial score (nSPS) is 10.2. The number of phenols is 1. The third-order valence-electron chi connectivity index (χ3n) is 2.62. The van der Waals surface area contributed by atoms with Crippen LogP contribution in [-0.4, -0.2) is 12.2 Å². The van der Waals surface area contributed by atoms with Crippen LogP contribution in [0.15, 0.2) is 30.3 Å². The first-order chi connectivity index (χ1) is 9.01. The van der Waals surface area contributed by atoms with Crippen LogP contribution >= 0.6 is 11.6 Å². The van der Waals surface area contributed by atoms with Gasteiger partial charge in [-0.2, -0.15) is 0 Å². The molecule has 0 fully saturated rings. The van der Waals surface area contributed by atoms with E-state index in [0.29, 0.717) is 33.5 Å². The molecule has 0 saturated carbocycles. The fourth-order valence-electron chi connectivity index (χ4n) is 1.65. The summed E-state index contributed by atoms with van der Waals surface area (Å²) in [6.07, 6.45) is 0. The van der Waals surface area contributed by atoms with E-state index in [-0.39, 0.29) is 5.75 Å². The summed E-state index contributed by atoms with van der Waals surface area (Å²) in [7, 11) is 1.53. The van der Waals surface area contributed by atoms with E-state index in [1.165, 1.54) is 19.2 Å². The number of ether oxygens (including phenoxy) is 1. The van der Waals surface area contributed by atoms with Gasteiger partial charge in [-0.05, 0) is 18.2 Å². The van der Waals surface area contributed by atoms with E-state index in [9.17, 15) is 5.11 Å². The Kier molecular flexibility index (Phi) is 3.57. The molecular weight excluding hydrogens is 266 g/mol. The molecule has 2 aromatic rings. The topological polar surface area (TPSA) is 93.5 Å². The van der Waals surface area contributed by atoms with Crippen LogP contribution in [-0.2, 0) is 0 Å². The van der Waals surface area contributed by atoms with Gasteiger partial charge in [0.25, 0.3) is 0 Å². The second-order valence-electron chi connectivity index (χ2n) is 3.97. The van der Waals surface area contributed by atoms with Crippen molar-refractivity contribution in [1.82, 2.24) is 0 Å². The zero-order valence-corrected chi connectivity index (χ0v) is 11.0. The van der Waals surface area contributed by atoms with Gasteiger partial charge in [-0.3, -0.25) is 0 Å². The Bertz CT molecular complexity index is 617. The number of nitrogens with two attached hydrogens (primary N) is 2. The van der Waals surface area contributed by atoms with Crippen molar-refractivity contribution in [2.75, 3.05) is 23.9 Å². The number of hydrogen-bond donors (Lipinski definition) is 4. The highest BCUT2D eigenvalue weighted by Gasteiger charge is 2.08. The van der Waals surface area contributed by atoms with Crippen molar-refractivity contribution < 1.29 is 9.84 Å². The summed E-state index contributed by atoms with van der Waals surface area (Å²) >= 11 is 6.02. The molecule has 100 valence electrons. The molecule has 2 aromatic carbocycles. The molecule has 0 aliphatic carbocycles. The summed E-state index contributed by atoms with van der Waals surface area (Å²) in [6, 6.07) is 7.91. The zero-order chi connectivity index (χ0) is 14.0. The largest absolute Gasteiger partial charge is 0.508 e. The van der Waals surface area contributed by atoms with Crippen molar-refractivity contribution in [1.29, 1.82) is 0 Å². The van der Waals surface area contributed by atoms with Gasteiger partial charge in [0.15, 0.2) is 0 Å². The summed E-state index contributed by atoms with van der Waals surface area (Å²) in [5, 5.41) is 12.8. The van der Waals surface area contributed by atoms with Gasteiger partial charge in [0.1, 0.15) is 11.5 Å². The van der Waals surface area contributed by atoms with Crippen molar-refractivity contribution in [3.63, 3.8) is 0 Å². The number of anilines is 4. The SMILES string of the molecule is COc1cc(Nc2ccc(O)cc2Cl)c(N)cc1N. The standard InChI is InChI=1S/C13H14ClN3O2/c1-19-13-6-12(9(15)5-10(13)16)17-11-3-2-7(18)4-8(11)14/h2-6,17-18H,15-16H2,1H3. The second-order valence-corrected chi connectivity index (χ2v) is 4.38. The van der Waals surface area contributed by atoms with E-state index >= 15 is 0 Å². The Hall–Kier alpha value is -2.27. The zero-order valence-electron chi connectivity index (χ0n) is 10.3. The molecule has 0 atom stereocenters. The van der Waals surface area contributed by atoms with E-state index in [1.807, 2.05) is 0 Å². The van der Waals surface area contributed by atoms with Gasteiger partial charge in [-0.25, -0.2) is 0 Å². The molecule has 0 amide bonds. The summed E-state index contributed by atoms with van der Waals surface area (Å²) in [4.78, 5) is 0. The number of rotatable bonds is 3. The predicted molar refractivity (Wildman–Crippen MR) is 78.2 cm³/mol. The van der Waals surface area contributed by atoms with Crippen LogP contribution in [0, 0.1) is 0 Å². The number of halogens is 1. The monoisotopic (exact) mass is 279 g/mol. The first-order valence-corrected chi connectivity index (χ1v) is 5.87. The lowest BCUT2D eigenvalue weighted by molar-refractivity contribution is 0.417.